The van der Waals surface area contributed by atoms with Crippen molar-refractivity contribution in [3.8, 4) is 5.75 Å². The van der Waals surface area contributed by atoms with E-state index in [1.54, 1.807) is 24.3 Å². The molecule has 0 spiro atoms. The molecule has 0 aliphatic rings. The summed E-state index contributed by atoms with van der Waals surface area (Å²) >= 11 is 0. The van der Waals surface area contributed by atoms with Crippen molar-refractivity contribution in [1.82, 2.24) is 0 Å². The van der Waals surface area contributed by atoms with Crippen LogP contribution in [0.25, 0.3) is 10.8 Å². The number of carbonyl (C=O) groups excluding carboxylic acids is 1. The normalized spacial score (nSPS) is 11.3. The molecular formula is C18H12F2O5S. The maximum absolute atomic E-state index is 13.8. The molecule has 0 saturated heterocycles. The van der Waals surface area contributed by atoms with Crippen molar-refractivity contribution in [3.05, 3.63) is 71.8 Å². The number of esters is 1. The van der Waals surface area contributed by atoms with E-state index in [0.29, 0.717) is 16.8 Å². The van der Waals surface area contributed by atoms with Crippen LogP contribution < -0.4 is 4.18 Å². The van der Waals surface area contributed by atoms with Crippen LogP contribution >= 0.6 is 0 Å². The molecule has 0 radical (unpaired) electrons. The second-order valence-electron chi connectivity index (χ2n) is 5.30. The molecule has 3 aromatic rings. The van der Waals surface area contributed by atoms with Crippen molar-refractivity contribution in [1.29, 1.82) is 0 Å². The Kier molecular flexibility index (Phi) is 4.60. The Bertz CT molecular complexity index is 1110. The van der Waals surface area contributed by atoms with E-state index >= 15 is 0 Å². The third-order valence-corrected chi connectivity index (χ3v) is 4.88. The molecule has 0 saturated carbocycles. The zero-order valence-corrected chi connectivity index (χ0v) is 14.2. The second-order valence-corrected chi connectivity index (χ2v) is 6.81. The van der Waals surface area contributed by atoms with Crippen molar-refractivity contribution in [2.24, 2.45) is 0 Å². The van der Waals surface area contributed by atoms with Crippen LogP contribution in [0.4, 0.5) is 8.78 Å². The molecule has 0 bridgehead atoms. The van der Waals surface area contributed by atoms with Gasteiger partial charge in [0.2, 0.25) is 0 Å². The molecule has 0 amide bonds. The van der Waals surface area contributed by atoms with Gasteiger partial charge < -0.3 is 8.92 Å². The zero-order valence-electron chi connectivity index (χ0n) is 13.4. The molecule has 0 aliphatic carbocycles. The summed E-state index contributed by atoms with van der Waals surface area (Å²) in [6.07, 6.45) is 0. The SMILES string of the molecule is COC(=O)c1cc2ccccc2cc1OS(=O)(=O)c1ccc(F)cc1F. The average molecular weight is 378 g/mol. The highest BCUT2D eigenvalue weighted by molar-refractivity contribution is 7.87. The summed E-state index contributed by atoms with van der Waals surface area (Å²) in [5, 5.41) is 1.26. The lowest BCUT2D eigenvalue weighted by atomic mass is 10.1. The van der Waals surface area contributed by atoms with Crippen molar-refractivity contribution < 1.29 is 30.9 Å². The van der Waals surface area contributed by atoms with E-state index in [4.69, 9.17) is 4.18 Å². The number of methoxy groups -OCH3 is 1. The van der Waals surface area contributed by atoms with Gasteiger partial charge in [0, 0.05) is 6.07 Å². The first-order valence-electron chi connectivity index (χ1n) is 7.32. The minimum atomic E-state index is -4.64. The summed E-state index contributed by atoms with van der Waals surface area (Å²) in [5.74, 6) is -3.37. The Balaban J connectivity index is 2.13. The topological polar surface area (TPSA) is 69.7 Å². The van der Waals surface area contributed by atoms with Crippen molar-refractivity contribution in [2.75, 3.05) is 7.11 Å². The summed E-state index contributed by atoms with van der Waals surface area (Å²) in [7, 11) is -3.51. The van der Waals surface area contributed by atoms with E-state index in [9.17, 15) is 22.0 Å². The Morgan fingerprint density at radius 2 is 1.62 bits per heavy atom. The van der Waals surface area contributed by atoms with Crippen LogP contribution in [-0.4, -0.2) is 21.5 Å². The smallest absolute Gasteiger partial charge is 0.342 e. The Morgan fingerprint density at radius 3 is 2.23 bits per heavy atom. The van der Waals surface area contributed by atoms with Crippen LogP contribution in [0.3, 0.4) is 0 Å². The molecule has 0 heterocycles. The molecular weight excluding hydrogens is 366 g/mol. The molecule has 0 aromatic heterocycles. The number of carbonyl (C=O) groups is 1. The minimum absolute atomic E-state index is 0.141. The number of hydrogen-bond acceptors (Lipinski definition) is 5. The predicted octanol–water partition coefficient (Wildman–Crippen LogP) is 3.67. The number of hydrogen-bond donors (Lipinski definition) is 0. The summed E-state index contributed by atoms with van der Waals surface area (Å²) < 4.78 is 61.3. The molecule has 8 heteroatoms. The maximum atomic E-state index is 13.8. The van der Waals surface area contributed by atoms with Gasteiger partial charge in [-0.2, -0.15) is 8.42 Å². The molecule has 0 aliphatic heterocycles. The van der Waals surface area contributed by atoms with Crippen molar-refractivity contribution in [2.45, 2.75) is 4.90 Å². The molecule has 3 rings (SSSR count). The van der Waals surface area contributed by atoms with E-state index in [0.717, 1.165) is 19.2 Å². The Morgan fingerprint density at radius 1 is 0.962 bits per heavy atom. The fourth-order valence-corrected chi connectivity index (χ4v) is 3.40. The van der Waals surface area contributed by atoms with Crippen LogP contribution in [0.1, 0.15) is 10.4 Å². The minimum Gasteiger partial charge on any atom is -0.465 e. The molecule has 0 fully saturated rings. The highest BCUT2D eigenvalue weighted by Gasteiger charge is 2.25. The van der Waals surface area contributed by atoms with Gasteiger partial charge in [0.05, 0.1) is 7.11 Å². The van der Waals surface area contributed by atoms with E-state index in [2.05, 4.69) is 4.74 Å². The number of benzene rings is 3. The third kappa shape index (κ3) is 3.36. The number of rotatable bonds is 4. The molecule has 134 valence electrons. The Hall–Kier alpha value is -3.00. The average Bonchev–Trinajstić information content (AvgIpc) is 2.59. The standard InChI is InChI=1S/C18H12F2O5S/c1-24-18(21)14-8-11-4-2-3-5-12(11)9-16(14)25-26(22,23)17-7-6-13(19)10-15(17)20/h2-10H,1H3. The highest BCUT2D eigenvalue weighted by atomic mass is 32.2. The summed E-state index contributed by atoms with van der Waals surface area (Å²) in [6.45, 7) is 0. The maximum Gasteiger partial charge on any atom is 0.342 e. The largest absolute Gasteiger partial charge is 0.465 e. The number of fused-ring (bicyclic) bond motifs is 1. The lowest BCUT2D eigenvalue weighted by Crippen LogP contribution is -2.14. The fraction of sp³-hybridized carbons (Fsp3) is 0.0556. The van der Waals surface area contributed by atoms with E-state index in [1.165, 1.54) is 12.1 Å². The van der Waals surface area contributed by atoms with Gasteiger partial charge in [-0.25, -0.2) is 13.6 Å². The van der Waals surface area contributed by atoms with E-state index < -0.39 is 32.6 Å². The Labute approximate surface area is 147 Å². The van der Waals surface area contributed by atoms with E-state index in [-0.39, 0.29) is 11.3 Å². The van der Waals surface area contributed by atoms with Gasteiger partial charge in [-0.3, -0.25) is 0 Å². The van der Waals surface area contributed by atoms with Crippen LogP contribution in [0.2, 0.25) is 0 Å². The number of ether oxygens (including phenoxy) is 1. The lowest BCUT2D eigenvalue weighted by molar-refractivity contribution is 0.0599. The van der Waals surface area contributed by atoms with Gasteiger partial charge in [0.25, 0.3) is 0 Å². The zero-order chi connectivity index (χ0) is 18.9. The van der Waals surface area contributed by atoms with Gasteiger partial charge in [-0.05, 0) is 35.0 Å². The molecule has 26 heavy (non-hydrogen) atoms. The monoisotopic (exact) mass is 378 g/mol. The van der Waals surface area contributed by atoms with Gasteiger partial charge in [-0.15, -0.1) is 0 Å². The van der Waals surface area contributed by atoms with Gasteiger partial charge in [0.1, 0.15) is 22.1 Å². The van der Waals surface area contributed by atoms with Crippen LogP contribution in [-0.2, 0) is 14.9 Å². The number of halogens is 2. The van der Waals surface area contributed by atoms with Gasteiger partial charge >= 0.3 is 16.1 Å². The molecule has 0 unspecified atom stereocenters. The van der Waals surface area contributed by atoms with Gasteiger partial charge in [0.15, 0.2) is 5.75 Å². The lowest BCUT2D eigenvalue weighted by Gasteiger charge is -2.12. The van der Waals surface area contributed by atoms with Crippen LogP contribution in [0, 0.1) is 11.6 Å². The predicted molar refractivity (Wildman–Crippen MR) is 89.5 cm³/mol. The third-order valence-electron chi connectivity index (χ3n) is 3.62. The molecule has 0 atom stereocenters. The quantitative estimate of drug-likeness (QED) is 0.512. The van der Waals surface area contributed by atoms with Crippen molar-refractivity contribution in [3.63, 3.8) is 0 Å². The molecule has 3 aromatic carbocycles. The summed E-state index contributed by atoms with van der Waals surface area (Å²) in [5.41, 5.74) is -0.141. The van der Waals surface area contributed by atoms with Gasteiger partial charge in [-0.1, -0.05) is 24.3 Å². The highest BCUT2D eigenvalue weighted by Crippen LogP contribution is 2.30. The summed E-state index contributed by atoms with van der Waals surface area (Å²) in [6, 6.07) is 11.6. The first-order chi connectivity index (χ1) is 12.3. The van der Waals surface area contributed by atoms with E-state index in [1.807, 2.05) is 0 Å². The fourth-order valence-electron chi connectivity index (χ4n) is 2.40. The van der Waals surface area contributed by atoms with Crippen LogP contribution in [0.5, 0.6) is 5.75 Å². The van der Waals surface area contributed by atoms with Crippen LogP contribution in [0.15, 0.2) is 59.5 Å². The molecule has 5 nitrogen and oxygen atoms in total. The second kappa shape index (κ2) is 6.72. The van der Waals surface area contributed by atoms with Crippen molar-refractivity contribution >= 4 is 26.9 Å². The molecule has 0 N–H and O–H groups in total. The first kappa shape index (κ1) is 17.8. The summed E-state index contributed by atoms with van der Waals surface area (Å²) in [4.78, 5) is 11.1. The first-order valence-corrected chi connectivity index (χ1v) is 8.73.